The van der Waals surface area contributed by atoms with Gasteiger partial charge in [0.1, 0.15) is 17.2 Å². The van der Waals surface area contributed by atoms with Crippen LogP contribution in [-0.2, 0) is 0 Å². The molecule has 0 saturated carbocycles. The molecule has 3 heterocycles. The third kappa shape index (κ3) is 5.23. The van der Waals surface area contributed by atoms with Crippen LogP contribution in [0.4, 0.5) is 5.69 Å². The average molecular weight is 575 g/mol. The quantitative estimate of drug-likeness (QED) is 0.198. The van der Waals surface area contributed by atoms with Gasteiger partial charge >= 0.3 is 0 Å². The Balaban J connectivity index is 1.39. The molecular formula is C35H34N4O2S. The lowest BCUT2D eigenvalue weighted by atomic mass is 9.96. The lowest BCUT2D eigenvalue weighted by molar-refractivity contribution is 0.413. The van der Waals surface area contributed by atoms with E-state index in [-0.39, 0.29) is 12.1 Å². The van der Waals surface area contributed by atoms with Crippen LogP contribution in [0.25, 0.3) is 5.69 Å². The molecule has 0 aliphatic carbocycles. The minimum absolute atomic E-state index is 0.105. The summed E-state index contributed by atoms with van der Waals surface area (Å²) in [5.41, 5.74) is 9.14. The first-order valence-electron chi connectivity index (χ1n) is 14.0. The molecule has 212 valence electrons. The maximum Gasteiger partial charge on any atom is 0.174 e. The lowest BCUT2D eigenvalue weighted by Gasteiger charge is -2.28. The molecule has 0 spiro atoms. The number of aromatic nitrogens is 2. The summed E-state index contributed by atoms with van der Waals surface area (Å²) in [4.78, 5) is 6.94. The molecule has 0 bridgehead atoms. The van der Waals surface area contributed by atoms with Crippen molar-refractivity contribution >= 4 is 23.0 Å². The van der Waals surface area contributed by atoms with E-state index in [2.05, 4.69) is 84.9 Å². The normalized spacial score (nSPS) is 16.4. The standard InChI is InChI=1S/C35H34N4O2S/c1-22-18-23(2)20-27(19-22)38-24(3)21-31(25(38)4)34-33(32-8-6-7-17-36-32)37-35(42)39(34)26-9-11-29(12-10-26)41-30-15-13-28(40-5)14-16-30/h6-21,33-34H,1-5H3,(H,37,42)/t33-,34+/m1/s1. The van der Waals surface area contributed by atoms with E-state index in [4.69, 9.17) is 26.7 Å². The molecule has 7 heteroatoms. The Labute approximate surface area is 252 Å². The number of aryl methyl sites for hydroxylation is 3. The smallest absolute Gasteiger partial charge is 0.174 e. The highest BCUT2D eigenvalue weighted by atomic mass is 32.1. The van der Waals surface area contributed by atoms with Crippen molar-refractivity contribution in [2.24, 2.45) is 0 Å². The number of methoxy groups -OCH3 is 1. The van der Waals surface area contributed by atoms with Crippen LogP contribution < -0.4 is 19.7 Å². The molecule has 42 heavy (non-hydrogen) atoms. The van der Waals surface area contributed by atoms with Gasteiger partial charge < -0.3 is 24.3 Å². The first-order valence-corrected chi connectivity index (χ1v) is 14.4. The third-order valence-electron chi connectivity index (χ3n) is 7.76. The molecule has 1 aliphatic heterocycles. The second-order valence-corrected chi connectivity index (χ2v) is 11.2. The summed E-state index contributed by atoms with van der Waals surface area (Å²) in [5, 5.41) is 4.25. The Morgan fingerprint density at radius 3 is 2.02 bits per heavy atom. The fourth-order valence-electron chi connectivity index (χ4n) is 5.97. The Bertz CT molecular complexity index is 1710. The molecular weight excluding hydrogens is 540 g/mol. The van der Waals surface area contributed by atoms with Crippen molar-refractivity contribution in [1.82, 2.24) is 14.9 Å². The van der Waals surface area contributed by atoms with Crippen LogP contribution in [0.2, 0.25) is 0 Å². The first-order chi connectivity index (χ1) is 20.3. The van der Waals surface area contributed by atoms with Gasteiger partial charge in [-0.3, -0.25) is 4.98 Å². The molecule has 1 fully saturated rings. The highest BCUT2D eigenvalue weighted by Gasteiger charge is 2.42. The maximum atomic E-state index is 6.09. The van der Waals surface area contributed by atoms with Crippen LogP contribution in [0, 0.1) is 27.7 Å². The number of nitrogens with one attached hydrogen (secondary N) is 1. The van der Waals surface area contributed by atoms with Crippen molar-refractivity contribution < 1.29 is 9.47 Å². The molecule has 3 aromatic carbocycles. The van der Waals surface area contributed by atoms with Crippen molar-refractivity contribution in [3.8, 4) is 22.9 Å². The van der Waals surface area contributed by atoms with Crippen LogP contribution in [0.15, 0.2) is 97.2 Å². The molecule has 0 amide bonds. The van der Waals surface area contributed by atoms with Gasteiger partial charge in [-0.05, 0) is 135 Å². The molecule has 5 aromatic rings. The number of benzene rings is 3. The highest BCUT2D eigenvalue weighted by molar-refractivity contribution is 7.80. The minimum Gasteiger partial charge on any atom is -0.497 e. The highest BCUT2D eigenvalue weighted by Crippen LogP contribution is 2.44. The minimum atomic E-state index is -0.123. The van der Waals surface area contributed by atoms with Gasteiger partial charge in [-0.15, -0.1) is 0 Å². The molecule has 6 nitrogen and oxygen atoms in total. The number of rotatable bonds is 7. The molecule has 1 aliphatic rings. The molecule has 2 aromatic heterocycles. The summed E-state index contributed by atoms with van der Waals surface area (Å²) in [6.07, 6.45) is 1.84. The zero-order valence-corrected chi connectivity index (χ0v) is 25.3. The number of thiocarbonyl (C=S) groups is 1. The molecule has 0 radical (unpaired) electrons. The summed E-state index contributed by atoms with van der Waals surface area (Å²) in [7, 11) is 1.65. The van der Waals surface area contributed by atoms with Gasteiger partial charge in [0.05, 0.1) is 24.9 Å². The van der Waals surface area contributed by atoms with Gasteiger partial charge in [-0.1, -0.05) is 12.1 Å². The summed E-state index contributed by atoms with van der Waals surface area (Å²) in [6, 6.07) is 30.4. The number of hydrogen-bond donors (Lipinski definition) is 1. The average Bonchev–Trinajstić information content (AvgIpc) is 3.48. The van der Waals surface area contributed by atoms with E-state index in [1.54, 1.807) is 7.11 Å². The van der Waals surface area contributed by atoms with Gasteiger partial charge in [0, 0.05) is 29.0 Å². The Morgan fingerprint density at radius 2 is 1.40 bits per heavy atom. The van der Waals surface area contributed by atoms with Gasteiger partial charge in [-0.25, -0.2) is 0 Å². The second-order valence-electron chi connectivity index (χ2n) is 10.8. The summed E-state index contributed by atoms with van der Waals surface area (Å²) in [5.74, 6) is 2.28. The topological polar surface area (TPSA) is 51.6 Å². The van der Waals surface area contributed by atoms with Gasteiger partial charge in [0.25, 0.3) is 0 Å². The Hall–Kier alpha value is -4.62. The van der Waals surface area contributed by atoms with Gasteiger partial charge in [0.15, 0.2) is 5.11 Å². The second kappa shape index (κ2) is 11.3. The maximum absolute atomic E-state index is 6.09. The SMILES string of the molecule is COc1ccc(Oc2ccc(N3C(=S)N[C@H](c4ccccn4)[C@@H]3c3cc(C)n(-c4cc(C)cc(C)c4)c3C)cc2)cc1. The van der Waals surface area contributed by atoms with Crippen LogP contribution in [0.3, 0.4) is 0 Å². The third-order valence-corrected chi connectivity index (χ3v) is 8.08. The molecule has 6 rings (SSSR count). The van der Waals surface area contributed by atoms with E-state index >= 15 is 0 Å². The predicted octanol–water partition coefficient (Wildman–Crippen LogP) is 8.08. The van der Waals surface area contributed by atoms with E-state index in [0.717, 1.165) is 28.6 Å². The summed E-state index contributed by atoms with van der Waals surface area (Å²) < 4.78 is 13.7. The van der Waals surface area contributed by atoms with Gasteiger partial charge in [0.2, 0.25) is 0 Å². The number of hydrogen-bond acceptors (Lipinski definition) is 4. The van der Waals surface area contributed by atoms with Crippen molar-refractivity contribution in [3.05, 3.63) is 131 Å². The Kier molecular flexibility index (Phi) is 7.43. The molecule has 1 saturated heterocycles. The van der Waals surface area contributed by atoms with E-state index < -0.39 is 0 Å². The Morgan fingerprint density at radius 1 is 0.762 bits per heavy atom. The number of ether oxygens (including phenoxy) is 2. The van der Waals surface area contributed by atoms with Crippen molar-refractivity contribution in [1.29, 1.82) is 0 Å². The number of nitrogens with zero attached hydrogens (tertiary/aromatic N) is 3. The molecule has 2 atom stereocenters. The zero-order valence-electron chi connectivity index (χ0n) is 24.5. The van der Waals surface area contributed by atoms with Crippen molar-refractivity contribution in [2.45, 2.75) is 39.8 Å². The fraction of sp³-hybridized carbons (Fsp3) is 0.200. The van der Waals surface area contributed by atoms with E-state index in [9.17, 15) is 0 Å². The zero-order chi connectivity index (χ0) is 29.4. The van der Waals surface area contributed by atoms with Gasteiger partial charge in [-0.2, -0.15) is 0 Å². The van der Waals surface area contributed by atoms with Crippen LogP contribution in [0.5, 0.6) is 17.2 Å². The summed E-state index contributed by atoms with van der Waals surface area (Å²) in [6.45, 7) is 8.65. The van der Waals surface area contributed by atoms with E-state index in [0.29, 0.717) is 5.11 Å². The lowest BCUT2D eigenvalue weighted by Crippen LogP contribution is -2.29. The van der Waals surface area contributed by atoms with Crippen LogP contribution >= 0.6 is 12.2 Å². The predicted molar refractivity (Wildman–Crippen MR) is 172 cm³/mol. The first kappa shape index (κ1) is 27.5. The fourth-order valence-corrected chi connectivity index (χ4v) is 6.31. The summed E-state index contributed by atoms with van der Waals surface area (Å²) >= 11 is 5.99. The van der Waals surface area contributed by atoms with Crippen LogP contribution in [-0.4, -0.2) is 21.8 Å². The molecule has 1 N–H and O–H groups in total. The van der Waals surface area contributed by atoms with E-state index in [1.165, 1.54) is 33.8 Å². The van der Waals surface area contributed by atoms with E-state index in [1.807, 2.05) is 54.7 Å². The number of pyridine rings is 1. The monoisotopic (exact) mass is 574 g/mol. The van der Waals surface area contributed by atoms with Crippen LogP contribution in [0.1, 0.15) is 45.9 Å². The van der Waals surface area contributed by atoms with Crippen molar-refractivity contribution in [3.63, 3.8) is 0 Å². The molecule has 0 unspecified atom stereocenters. The van der Waals surface area contributed by atoms with Crippen molar-refractivity contribution in [2.75, 3.05) is 12.0 Å². The number of anilines is 1. The largest absolute Gasteiger partial charge is 0.497 e.